The van der Waals surface area contributed by atoms with E-state index in [2.05, 4.69) is 10.3 Å². The number of carbonyl (C=O) groups excluding carboxylic acids is 1. The normalized spacial score (nSPS) is 10.2. The molecule has 0 saturated heterocycles. The molecule has 0 aliphatic carbocycles. The second-order valence-electron chi connectivity index (χ2n) is 4.32. The zero-order chi connectivity index (χ0) is 13.7. The molecule has 2 N–H and O–H groups in total. The molecule has 1 heterocycles. The Bertz CT molecular complexity index is 565. The maximum Gasteiger partial charge on any atom is 0.270 e. The summed E-state index contributed by atoms with van der Waals surface area (Å²) in [7, 11) is 0. The van der Waals surface area contributed by atoms with E-state index in [0.717, 1.165) is 16.8 Å². The van der Waals surface area contributed by atoms with Crippen LogP contribution in [-0.4, -0.2) is 16.0 Å². The fourth-order valence-corrected chi connectivity index (χ4v) is 1.70. The first-order valence-electron chi connectivity index (χ1n) is 6.09. The van der Waals surface area contributed by atoms with Crippen molar-refractivity contribution in [3.8, 4) is 0 Å². The third-order valence-electron chi connectivity index (χ3n) is 2.78. The molecule has 1 aromatic heterocycles. The number of nitrogens with one attached hydrogen (secondary N) is 1. The van der Waals surface area contributed by atoms with Crippen molar-refractivity contribution in [2.45, 2.75) is 20.1 Å². The minimum atomic E-state index is -0.185. The van der Waals surface area contributed by atoms with Crippen molar-refractivity contribution in [2.24, 2.45) is 0 Å². The number of carbonyl (C=O) groups is 1. The Morgan fingerprint density at radius 2 is 1.84 bits per heavy atom. The summed E-state index contributed by atoms with van der Waals surface area (Å²) in [6, 6.07) is 12.8. The summed E-state index contributed by atoms with van der Waals surface area (Å²) in [5, 5.41) is 11.8. The lowest BCUT2D eigenvalue weighted by atomic mass is 10.1. The predicted octanol–water partition coefficient (Wildman–Crippen LogP) is 1.81. The second kappa shape index (κ2) is 6.11. The molecule has 4 heteroatoms. The standard InChI is InChI=1S/C15H16N2O2/c1-11-3-2-4-14(17-11)15(19)16-9-12-5-7-13(10-18)8-6-12/h2-8,18H,9-10H2,1H3,(H,16,19). The van der Waals surface area contributed by atoms with Crippen LogP contribution in [0.15, 0.2) is 42.5 Å². The van der Waals surface area contributed by atoms with Crippen LogP contribution in [0.25, 0.3) is 0 Å². The van der Waals surface area contributed by atoms with Gasteiger partial charge in [-0.05, 0) is 30.2 Å². The molecule has 4 nitrogen and oxygen atoms in total. The Morgan fingerprint density at radius 3 is 2.47 bits per heavy atom. The van der Waals surface area contributed by atoms with E-state index in [1.807, 2.05) is 43.3 Å². The molecule has 0 unspecified atom stereocenters. The summed E-state index contributed by atoms with van der Waals surface area (Å²) in [6.07, 6.45) is 0. The quantitative estimate of drug-likeness (QED) is 0.877. The zero-order valence-electron chi connectivity index (χ0n) is 10.8. The first-order valence-corrected chi connectivity index (χ1v) is 6.09. The van der Waals surface area contributed by atoms with Crippen molar-refractivity contribution in [1.29, 1.82) is 0 Å². The van der Waals surface area contributed by atoms with Crippen LogP contribution in [0.4, 0.5) is 0 Å². The number of hydrogen-bond donors (Lipinski definition) is 2. The minimum Gasteiger partial charge on any atom is -0.392 e. The molecule has 19 heavy (non-hydrogen) atoms. The maximum atomic E-state index is 11.9. The fourth-order valence-electron chi connectivity index (χ4n) is 1.70. The van der Waals surface area contributed by atoms with E-state index in [1.165, 1.54) is 0 Å². The van der Waals surface area contributed by atoms with Gasteiger partial charge in [0, 0.05) is 12.2 Å². The molecule has 0 spiro atoms. The topological polar surface area (TPSA) is 62.2 Å². The number of hydrogen-bond acceptors (Lipinski definition) is 3. The van der Waals surface area contributed by atoms with Gasteiger partial charge in [0.15, 0.2) is 0 Å². The Balaban J connectivity index is 1.96. The smallest absolute Gasteiger partial charge is 0.270 e. The Hall–Kier alpha value is -2.20. The number of nitrogens with zero attached hydrogens (tertiary/aromatic N) is 1. The Labute approximate surface area is 112 Å². The van der Waals surface area contributed by atoms with Gasteiger partial charge in [0.2, 0.25) is 0 Å². The maximum absolute atomic E-state index is 11.9. The molecule has 0 fully saturated rings. The SMILES string of the molecule is Cc1cccc(C(=O)NCc2ccc(CO)cc2)n1. The summed E-state index contributed by atoms with van der Waals surface area (Å²) in [5.74, 6) is -0.185. The van der Waals surface area contributed by atoms with Gasteiger partial charge in [-0.2, -0.15) is 0 Å². The molecule has 2 aromatic rings. The lowest BCUT2D eigenvalue weighted by Crippen LogP contribution is -2.23. The number of rotatable bonds is 4. The van der Waals surface area contributed by atoms with Gasteiger partial charge >= 0.3 is 0 Å². The fraction of sp³-hybridized carbons (Fsp3) is 0.200. The zero-order valence-corrected chi connectivity index (χ0v) is 10.8. The van der Waals surface area contributed by atoms with Gasteiger partial charge in [0.1, 0.15) is 5.69 Å². The van der Waals surface area contributed by atoms with Crippen LogP contribution >= 0.6 is 0 Å². The van der Waals surface area contributed by atoms with Crippen molar-refractivity contribution in [3.63, 3.8) is 0 Å². The average Bonchev–Trinajstić information content (AvgIpc) is 2.45. The molecule has 1 aromatic carbocycles. The molecule has 2 rings (SSSR count). The molecule has 0 radical (unpaired) electrons. The van der Waals surface area contributed by atoms with Gasteiger partial charge in [-0.15, -0.1) is 0 Å². The number of aliphatic hydroxyl groups is 1. The predicted molar refractivity (Wildman–Crippen MR) is 72.5 cm³/mol. The Kier molecular flexibility index (Phi) is 4.26. The van der Waals surface area contributed by atoms with Gasteiger partial charge in [0.05, 0.1) is 6.61 Å². The molecule has 0 aliphatic rings. The number of aliphatic hydroxyl groups excluding tert-OH is 1. The van der Waals surface area contributed by atoms with Crippen LogP contribution in [0.1, 0.15) is 27.3 Å². The summed E-state index contributed by atoms with van der Waals surface area (Å²) >= 11 is 0. The Morgan fingerprint density at radius 1 is 1.16 bits per heavy atom. The molecule has 0 bridgehead atoms. The third-order valence-corrected chi connectivity index (χ3v) is 2.78. The van der Waals surface area contributed by atoms with Gasteiger partial charge in [0.25, 0.3) is 5.91 Å². The van der Waals surface area contributed by atoms with Crippen LogP contribution in [0.5, 0.6) is 0 Å². The van der Waals surface area contributed by atoms with E-state index in [-0.39, 0.29) is 12.5 Å². The van der Waals surface area contributed by atoms with E-state index in [1.54, 1.807) is 6.07 Å². The van der Waals surface area contributed by atoms with Crippen molar-refractivity contribution < 1.29 is 9.90 Å². The van der Waals surface area contributed by atoms with Gasteiger partial charge < -0.3 is 10.4 Å². The molecule has 1 amide bonds. The number of aryl methyl sites for hydroxylation is 1. The average molecular weight is 256 g/mol. The number of aromatic nitrogens is 1. The highest BCUT2D eigenvalue weighted by molar-refractivity contribution is 5.92. The lowest BCUT2D eigenvalue weighted by molar-refractivity contribution is 0.0945. The van der Waals surface area contributed by atoms with Crippen LogP contribution in [0.2, 0.25) is 0 Å². The third kappa shape index (κ3) is 3.63. The van der Waals surface area contributed by atoms with Crippen LogP contribution in [0.3, 0.4) is 0 Å². The molecule has 0 aliphatic heterocycles. The highest BCUT2D eigenvalue weighted by atomic mass is 16.3. The molecular weight excluding hydrogens is 240 g/mol. The number of amides is 1. The summed E-state index contributed by atoms with van der Waals surface area (Å²) in [4.78, 5) is 16.0. The second-order valence-corrected chi connectivity index (χ2v) is 4.32. The number of pyridine rings is 1. The van der Waals surface area contributed by atoms with Crippen molar-refractivity contribution in [2.75, 3.05) is 0 Å². The first-order chi connectivity index (χ1) is 9.19. The molecule has 0 atom stereocenters. The monoisotopic (exact) mass is 256 g/mol. The largest absolute Gasteiger partial charge is 0.392 e. The van der Waals surface area contributed by atoms with E-state index in [4.69, 9.17) is 5.11 Å². The summed E-state index contributed by atoms with van der Waals surface area (Å²) in [5.41, 5.74) is 3.08. The molecular formula is C15H16N2O2. The van der Waals surface area contributed by atoms with Crippen LogP contribution in [0, 0.1) is 6.92 Å². The van der Waals surface area contributed by atoms with E-state index in [0.29, 0.717) is 12.2 Å². The summed E-state index contributed by atoms with van der Waals surface area (Å²) in [6.45, 7) is 2.32. The van der Waals surface area contributed by atoms with Gasteiger partial charge in [-0.1, -0.05) is 30.3 Å². The highest BCUT2D eigenvalue weighted by Gasteiger charge is 2.06. The van der Waals surface area contributed by atoms with Gasteiger partial charge in [-0.3, -0.25) is 4.79 Å². The van der Waals surface area contributed by atoms with Crippen molar-refractivity contribution >= 4 is 5.91 Å². The van der Waals surface area contributed by atoms with Crippen molar-refractivity contribution in [3.05, 3.63) is 65.0 Å². The molecule has 0 saturated carbocycles. The van der Waals surface area contributed by atoms with E-state index < -0.39 is 0 Å². The van der Waals surface area contributed by atoms with E-state index >= 15 is 0 Å². The number of benzene rings is 1. The highest BCUT2D eigenvalue weighted by Crippen LogP contribution is 2.05. The first kappa shape index (κ1) is 13.2. The lowest BCUT2D eigenvalue weighted by Gasteiger charge is -2.06. The van der Waals surface area contributed by atoms with Crippen LogP contribution in [-0.2, 0) is 13.2 Å². The van der Waals surface area contributed by atoms with E-state index in [9.17, 15) is 4.79 Å². The molecule has 98 valence electrons. The van der Waals surface area contributed by atoms with Crippen molar-refractivity contribution in [1.82, 2.24) is 10.3 Å². The minimum absolute atomic E-state index is 0.0276. The summed E-state index contributed by atoms with van der Waals surface area (Å²) < 4.78 is 0. The van der Waals surface area contributed by atoms with Crippen LogP contribution < -0.4 is 5.32 Å². The van der Waals surface area contributed by atoms with Gasteiger partial charge in [-0.25, -0.2) is 4.98 Å².